The number of carbonyl (C=O) groups is 4. The lowest BCUT2D eigenvalue weighted by atomic mass is 9.49. The highest BCUT2D eigenvalue weighted by atomic mass is 32.1. The molecule has 17 nitrogen and oxygen atoms in total. The van der Waals surface area contributed by atoms with E-state index in [0.29, 0.717) is 57.3 Å². The van der Waals surface area contributed by atoms with E-state index in [-0.39, 0.29) is 61.7 Å². The monoisotopic (exact) mass is 1070 g/mol. The van der Waals surface area contributed by atoms with E-state index < -0.39 is 69.7 Å². The van der Waals surface area contributed by atoms with Gasteiger partial charge in [-0.1, -0.05) is 72.7 Å². The van der Waals surface area contributed by atoms with E-state index in [1.54, 1.807) is 29.5 Å². The number of piperazine rings is 1. The van der Waals surface area contributed by atoms with Crippen LogP contribution in [0.15, 0.2) is 66.3 Å². The number of aryl methyl sites for hydroxylation is 1. The molecule has 4 N–H and O–H groups in total. The van der Waals surface area contributed by atoms with Crippen molar-refractivity contribution in [2.45, 2.75) is 104 Å². The van der Waals surface area contributed by atoms with Gasteiger partial charge in [-0.2, -0.15) is 18.4 Å². The average molecular weight is 1070 g/mol. The Kier molecular flexibility index (Phi) is 16.5. The Morgan fingerprint density at radius 3 is 2.24 bits per heavy atom. The number of nitriles is 1. The van der Waals surface area contributed by atoms with Crippen molar-refractivity contribution < 1.29 is 51.7 Å². The van der Waals surface area contributed by atoms with E-state index in [1.165, 1.54) is 17.2 Å². The quantitative estimate of drug-likeness (QED) is 0.0876. The SMILES string of the molecule is Cc1ncsc1-c1ccc(C(NC(=O)[C@@H]2C[C@@H](O)CN2C(=O)[C@@H](NC(=O)COCCN2CCN(c3ccc(C(=O)N[C@H]4C(C)(C)[C@H](Oc5ccc(C#N)c(C(F)(F)F)c5)C4(C)C)cn3)CC2)C(C)(C)C)C2COC2)cc1. The summed E-state index contributed by atoms with van der Waals surface area (Å²) in [7, 11) is 0. The zero-order valence-corrected chi connectivity index (χ0v) is 45.0. The summed E-state index contributed by atoms with van der Waals surface area (Å²) in [6.45, 7) is 19.2. The largest absolute Gasteiger partial charge is 0.489 e. The number of pyridine rings is 1. The number of amides is 4. The Hall–Kier alpha value is -6.18. The van der Waals surface area contributed by atoms with Crippen LogP contribution in [0.4, 0.5) is 19.0 Å². The third-order valence-corrected chi connectivity index (χ3v) is 16.2. The molecule has 4 fully saturated rings. The van der Waals surface area contributed by atoms with Gasteiger partial charge in [-0.3, -0.25) is 24.1 Å². The van der Waals surface area contributed by atoms with Crippen molar-refractivity contribution in [3.8, 4) is 22.3 Å². The molecule has 2 aromatic heterocycles. The van der Waals surface area contributed by atoms with Crippen LogP contribution in [0.1, 0.15) is 93.7 Å². The fourth-order valence-electron chi connectivity index (χ4n) is 11.3. The Balaban J connectivity index is 0.776. The average Bonchev–Trinajstić information content (AvgIpc) is 3.98. The summed E-state index contributed by atoms with van der Waals surface area (Å²) in [5.41, 5.74) is 1.43. The molecular formula is C55H68F3N9O8S. The van der Waals surface area contributed by atoms with Gasteiger partial charge in [0.25, 0.3) is 5.91 Å². The minimum atomic E-state index is -4.72. The number of aromatic nitrogens is 2. The third-order valence-electron chi connectivity index (χ3n) is 15.3. The van der Waals surface area contributed by atoms with Crippen LogP contribution in [0.2, 0.25) is 0 Å². The normalized spacial score (nSPS) is 22.4. The summed E-state index contributed by atoms with van der Waals surface area (Å²) in [6, 6.07) is 13.7. The number of ether oxygens (including phenoxy) is 3. The Morgan fingerprint density at radius 1 is 0.961 bits per heavy atom. The van der Waals surface area contributed by atoms with Crippen molar-refractivity contribution in [1.82, 2.24) is 35.7 Å². The summed E-state index contributed by atoms with van der Waals surface area (Å²) in [5, 5.41) is 29.1. The van der Waals surface area contributed by atoms with Crippen LogP contribution < -0.4 is 25.6 Å². The number of hydrogen-bond acceptors (Lipinski definition) is 14. The van der Waals surface area contributed by atoms with Crippen molar-refractivity contribution in [2.24, 2.45) is 22.2 Å². The molecule has 5 heterocycles. The van der Waals surface area contributed by atoms with Gasteiger partial charge < -0.3 is 45.1 Å². The molecule has 0 radical (unpaired) electrons. The molecule has 4 atom stereocenters. The zero-order valence-electron chi connectivity index (χ0n) is 44.2. The number of β-amino-alcohol motifs (C(OH)–C–C–N with tert-alkyl or cyclic N) is 1. The van der Waals surface area contributed by atoms with Crippen LogP contribution in [-0.4, -0.2) is 145 Å². The number of aliphatic hydroxyl groups excluding tert-OH is 1. The molecule has 4 aromatic rings. The number of halogens is 3. The Labute approximate surface area is 445 Å². The number of rotatable bonds is 17. The van der Waals surface area contributed by atoms with Gasteiger partial charge in [-0.05, 0) is 53.8 Å². The van der Waals surface area contributed by atoms with Gasteiger partial charge in [0.1, 0.15) is 36.4 Å². The van der Waals surface area contributed by atoms with Crippen LogP contribution in [0.3, 0.4) is 0 Å². The first kappa shape index (κ1) is 56.0. The van der Waals surface area contributed by atoms with Crippen molar-refractivity contribution in [1.29, 1.82) is 5.26 Å². The minimum absolute atomic E-state index is 0.0103. The summed E-state index contributed by atoms with van der Waals surface area (Å²) < 4.78 is 58.4. The topological polar surface area (TPSA) is 212 Å². The number of nitrogens with one attached hydrogen (secondary N) is 3. The fraction of sp³-hybridized carbons (Fsp3) is 0.545. The van der Waals surface area contributed by atoms with Crippen LogP contribution in [-0.2, 0) is 30.0 Å². The molecule has 4 amide bonds. The second-order valence-corrected chi connectivity index (χ2v) is 23.4. The number of thiazole rings is 1. The lowest BCUT2D eigenvalue weighted by molar-refractivity contribution is -0.164. The zero-order chi connectivity index (χ0) is 54.9. The summed E-state index contributed by atoms with van der Waals surface area (Å²) in [6.07, 6.45) is -4.61. The first-order valence-electron chi connectivity index (χ1n) is 25.6. The van der Waals surface area contributed by atoms with E-state index in [1.807, 2.05) is 85.2 Å². The molecule has 2 aromatic carbocycles. The predicted octanol–water partition coefficient (Wildman–Crippen LogP) is 6.15. The van der Waals surface area contributed by atoms with Crippen molar-refractivity contribution in [3.05, 3.63) is 94.3 Å². The van der Waals surface area contributed by atoms with Crippen molar-refractivity contribution >= 4 is 40.8 Å². The molecule has 0 spiro atoms. The van der Waals surface area contributed by atoms with E-state index in [4.69, 9.17) is 14.2 Å². The molecule has 1 aliphatic carbocycles. The van der Waals surface area contributed by atoms with Gasteiger partial charge in [0.05, 0.1) is 70.8 Å². The van der Waals surface area contributed by atoms with E-state index in [9.17, 15) is 42.7 Å². The van der Waals surface area contributed by atoms with E-state index in [2.05, 4.69) is 35.7 Å². The molecule has 0 bridgehead atoms. The van der Waals surface area contributed by atoms with Crippen LogP contribution in [0.5, 0.6) is 5.75 Å². The van der Waals surface area contributed by atoms with E-state index in [0.717, 1.165) is 33.8 Å². The second kappa shape index (κ2) is 22.4. The lowest BCUT2D eigenvalue weighted by Gasteiger charge is -2.63. The molecule has 21 heteroatoms. The lowest BCUT2D eigenvalue weighted by Crippen LogP contribution is -2.74. The summed E-state index contributed by atoms with van der Waals surface area (Å²) >= 11 is 1.56. The minimum Gasteiger partial charge on any atom is -0.489 e. The number of alkyl halides is 3. The summed E-state index contributed by atoms with van der Waals surface area (Å²) in [5.74, 6) is -0.936. The number of aliphatic hydroxyl groups is 1. The number of hydrogen-bond donors (Lipinski definition) is 4. The molecule has 4 aliphatic rings. The standard InChI is InChI=1S/C55H68F3N9O8S/c1-32-45(76-31-61-32)34-11-9-33(10-12-34)44(37-28-74-29-37)63-48(71)41-23-38(68)27-67(41)49(72)46(52(2,3)4)62-43(69)30-73-22-21-65-17-19-66(20-18-65)42-16-14-36(26-60-42)47(70)64-50-53(5,6)51(54(50,7)8)75-39-15-13-35(25-59)40(24-39)55(56,57)58/h9-16,24,26,31,37-38,41,44,46,50-51,68H,17-23,27-30H2,1-8H3,(H,62,69)(H,63,71)(H,64,70)/t38-,41+,44?,46-,50-,51-/m1/s1. The second-order valence-electron chi connectivity index (χ2n) is 22.6. The van der Waals surface area contributed by atoms with Gasteiger partial charge in [-0.25, -0.2) is 9.97 Å². The highest BCUT2D eigenvalue weighted by Crippen LogP contribution is 2.56. The number of carbonyl (C=O) groups excluding carboxylic acids is 4. The molecule has 3 saturated heterocycles. The maximum absolute atomic E-state index is 14.3. The van der Waals surface area contributed by atoms with Gasteiger partial charge >= 0.3 is 6.18 Å². The molecular weight excluding hydrogens is 1000 g/mol. The number of nitrogens with zero attached hydrogens (tertiary/aromatic N) is 6. The van der Waals surface area contributed by atoms with Gasteiger partial charge in [0, 0.05) is 74.7 Å². The predicted molar refractivity (Wildman–Crippen MR) is 278 cm³/mol. The maximum atomic E-state index is 14.3. The summed E-state index contributed by atoms with van der Waals surface area (Å²) in [4.78, 5) is 71.0. The number of anilines is 1. The van der Waals surface area contributed by atoms with E-state index >= 15 is 0 Å². The van der Waals surface area contributed by atoms with Gasteiger partial charge in [-0.15, -0.1) is 11.3 Å². The van der Waals surface area contributed by atoms with Crippen LogP contribution in [0.25, 0.3) is 10.4 Å². The van der Waals surface area contributed by atoms with Crippen LogP contribution in [0, 0.1) is 40.4 Å². The number of benzene rings is 2. The van der Waals surface area contributed by atoms with Crippen molar-refractivity contribution in [3.63, 3.8) is 0 Å². The Bertz CT molecular complexity index is 2770. The molecule has 1 saturated carbocycles. The fourth-order valence-corrected chi connectivity index (χ4v) is 12.1. The number of likely N-dealkylation sites (tertiary alicyclic amines) is 1. The molecule has 3 aliphatic heterocycles. The highest BCUT2D eigenvalue weighted by Gasteiger charge is 2.64. The molecule has 408 valence electrons. The first-order chi connectivity index (χ1) is 35.9. The molecule has 8 rings (SSSR count). The maximum Gasteiger partial charge on any atom is 0.417 e. The molecule has 76 heavy (non-hydrogen) atoms. The van der Waals surface area contributed by atoms with Gasteiger partial charge in [0.15, 0.2) is 0 Å². The van der Waals surface area contributed by atoms with Gasteiger partial charge in [0.2, 0.25) is 17.7 Å². The van der Waals surface area contributed by atoms with Crippen LogP contribution >= 0.6 is 11.3 Å². The smallest absolute Gasteiger partial charge is 0.417 e. The first-order valence-corrected chi connectivity index (χ1v) is 26.5. The van der Waals surface area contributed by atoms with Crippen molar-refractivity contribution in [2.75, 3.05) is 70.6 Å². The Morgan fingerprint density at radius 2 is 1.66 bits per heavy atom. The third kappa shape index (κ3) is 12.2. The highest BCUT2D eigenvalue weighted by molar-refractivity contribution is 7.13. The molecule has 1 unspecified atom stereocenters.